The van der Waals surface area contributed by atoms with E-state index in [1.54, 1.807) is 0 Å². The lowest BCUT2D eigenvalue weighted by Gasteiger charge is -2.39. The van der Waals surface area contributed by atoms with Gasteiger partial charge in [-0.05, 0) is 34.7 Å². The highest BCUT2D eigenvalue weighted by Gasteiger charge is 2.28. The Labute approximate surface area is 123 Å². The van der Waals surface area contributed by atoms with Gasteiger partial charge in [-0.3, -0.25) is 9.69 Å². The summed E-state index contributed by atoms with van der Waals surface area (Å²) in [5.74, 6) is 0.247. The van der Waals surface area contributed by atoms with Gasteiger partial charge in [0.25, 0.3) is 0 Å². The third-order valence-electron chi connectivity index (χ3n) is 3.62. The molecule has 110 valence electrons. The van der Waals surface area contributed by atoms with Crippen LogP contribution in [0.3, 0.4) is 0 Å². The number of hydrogen-bond acceptors (Lipinski definition) is 3. The smallest absolute Gasteiger partial charge is 0.237 e. The average Bonchev–Trinajstić information content (AvgIpc) is 2.21. The van der Waals surface area contributed by atoms with E-state index in [1.165, 1.54) is 0 Å². The number of piperazine rings is 1. The molecule has 1 rings (SSSR count). The minimum atomic E-state index is 0. The van der Waals surface area contributed by atoms with E-state index >= 15 is 0 Å². The summed E-state index contributed by atoms with van der Waals surface area (Å²) in [6.45, 7) is 10.7. The van der Waals surface area contributed by atoms with Crippen LogP contribution in [0, 0.1) is 0 Å². The van der Waals surface area contributed by atoms with Crippen LogP contribution < -0.4 is 5.32 Å². The van der Waals surface area contributed by atoms with Crippen molar-refractivity contribution in [1.82, 2.24) is 15.1 Å². The first-order valence-corrected chi connectivity index (χ1v) is 6.16. The van der Waals surface area contributed by atoms with Gasteiger partial charge in [-0.15, -0.1) is 24.8 Å². The zero-order valence-electron chi connectivity index (χ0n) is 12.0. The number of likely N-dealkylation sites (N-methyl/N-ethyl adjacent to an activating group) is 1. The molecule has 2 unspecified atom stereocenters. The van der Waals surface area contributed by atoms with Crippen LogP contribution in [0.4, 0.5) is 0 Å². The van der Waals surface area contributed by atoms with Gasteiger partial charge in [-0.1, -0.05) is 0 Å². The lowest BCUT2D eigenvalue weighted by Crippen LogP contribution is -2.58. The SMILES string of the molecule is CC1NCCN(C(=O)CN(C)C(C)C)C1C.Cl.Cl. The number of nitrogens with one attached hydrogen (secondary N) is 1. The summed E-state index contributed by atoms with van der Waals surface area (Å²) in [6, 6.07) is 1.10. The Balaban J connectivity index is 0. The van der Waals surface area contributed by atoms with Crippen LogP contribution in [0.2, 0.25) is 0 Å². The highest BCUT2D eigenvalue weighted by atomic mass is 35.5. The maximum atomic E-state index is 12.1. The maximum Gasteiger partial charge on any atom is 0.237 e. The molecule has 2 atom stereocenters. The molecule has 1 heterocycles. The molecule has 0 spiro atoms. The second-order valence-electron chi connectivity index (χ2n) is 5.08. The number of rotatable bonds is 3. The van der Waals surface area contributed by atoms with E-state index in [2.05, 4.69) is 37.9 Å². The minimum Gasteiger partial charge on any atom is -0.336 e. The monoisotopic (exact) mass is 299 g/mol. The summed E-state index contributed by atoms with van der Waals surface area (Å²) in [7, 11) is 2.00. The summed E-state index contributed by atoms with van der Waals surface area (Å²) in [5, 5.41) is 3.39. The molecule has 1 fully saturated rings. The molecule has 1 saturated heterocycles. The third kappa shape index (κ3) is 5.31. The van der Waals surface area contributed by atoms with Crippen molar-refractivity contribution in [2.45, 2.75) is 45.8 Å². The van der Waals surface area contributed by atoms with Gasteiger partial charge in [0.15, 0.2) is 0 Å². The molecule has 0 aromatic carbocycles. The summed E-state index contributed by atoms with van der Waals surface area (Å²) < 4.78 is 0. The zero-order valence-corrected chi connectivity index (χ0v) is 13.6. The predicted molar refractivity (Wildman–Crippen MR) is 80.9 cm³/mol. The number of nitrogens with zero attached hydrogens (tertiary/aromatic N) is 2. The number of carbonyl (C=O) groups is 1. The lowest BCUT2D eigenvalue weighted by molar-refractivity contribution is -0.136. The first-order chi connectivity index (χ1) is 7.43. The van der Waals surface area contributed by atoms with Gasteiger partial charge in [0, 0.05) is 31.2 Å². The lowest BCUT2D eigenvalue weighted by atomic mass is 10.1. The minimum absolute atomic E-state index is 0. The van der Waals surface area contributed by atoms with Gasteiger partial charge in [0.2, 0.25) is 5.91 Å². The first-order valence-electron chi connectivity index (χ1n) is 6.16. The van der Waals surface area contributed by atoms with Crippen molar-refractivity contribution in [1.29, 1.82) is 0 Å². The Morgan fingerprint density at radius 3 is 2.44 bits per heavy atom. The topological polar surface area (TPSA) is 35.6 Å². The van der Waals surface area contributed by atoms with Crippen LogP contribution in [0.15, 0.2) is 0 Å². The van der Waals surface area contributed by atoms with Gasteiger partial charge in [-0.25, -0.2) is 0 Å². The number of amides is 1. The van der Waals surface area contributed by atoms with Gasteiger partial charge in [0.1, 0.15) is 0 Å². The van der Waals surface area contributed by atoms with E-state index in [1.807, 2.05) is 11.9 Å². The molecule has 0 saturated carbocycles. The van der Waals surface area contributed by atoms with Crippen molar-refractivity contribution in [3.05, 3.63) is 0 Å². The van der Waals surface area contributed by atoms with Crippen molar-refractivity contribution < 1.29 is 4.79 Å². The molecule has 6 heteroatoms. The number of hydrogen-bond donors (Lipinski definition) is 1. The molecule has 1 N–H and O–H groups in total. The molecule has 1 aliphatic heterocycles. The van der Waals surface area contributed by atoms with Crippen molar-refractivity contribution in [3.63, 3.8) is 0 Å². The van der Waals surface area contributed by atoms with Crippen molar-refractivity contribution in [3.8, 4) is 0 Å². The van der Waals surface area contributed by atoms with Crippen molar-refractivity contribution in [2.75, 3.05) is 26.7 Å². The Bertz CT molecular complexity index is 251. The van der Waals surface area contributed by atoms with Crippen LogP contribution in [-0.2, 0) is 4.79 Å². The highest BCUT2D eigenvalue weighted by molar-refractivity contribution is 5.85. The number of carbonyl (C=O) groups excluding carboxylic acids is 1. The van der Waals surface area contributed by atoms with E-state index in [4.69, 9.17) is 0 Å². The zero-order chi connectivity index (χ0) is 12.3. The fraction of sp³-hybridized carbons (Fsp3) is 0.917. The fourth-order valence-electron chi connectivity index (χ4n) is 1.90. The fourth-order valence-corrected chi connectivity index (χ4v) is 1.90. The number of halogens is 2. The van der Waals surface area contributed by atoms with Crippen molar-refractivity contribution >= 4 is 30.7 Å². The summed E-state index contributed by atoms with van der Waals surface area (Å²) in [4.78, 5) is 16.2. The van der Waals surface area contributed by atoms with Gasteiger partial charge in [-0.2, -0.15) is 0 Å². The Hall–Kier alpha value is -0.0300. The summed E-state index contributed by atoms with van der Waals surface area (Å²) in [6.07, 6.45) is 0. The van der Waals surface area contributed by atoms with Gasteiger partial charge >= 0.3 is 0 Å². The quantitative estimate of drug-likeness (QED) is 0.855. The molecule has 1 aliphatic rings. The summed E-state index contributed by atoms with van der Waals surface area (Å²) in [5.41, 5.74) is 0. The van der Waals surface area contributed by atoms with Crippen LogP contribution in [0.1, 0.15) is 27.7 Å². The maximum absolute atomic E-state index is 12.1. The molecule has 0 bridgehead atoms. The third-order valence-corrected chi connectivity index (χ3v) is 3.62. The van der Waals surface area contributed by atoms with Crippen LogP contribution in [0.5, 0.6) is 0 Å². The Morgan fingerprint density at radius 2 is 1.94 bits per heavy atom. The molecular weight excluding hydrogens is 273 g/mol. The summed E-state index contributed by atoms with van der Waals surface area (Å²) >= 11 is 0. The predicted octanol–water partition coefficient (Wildman–Crippen LogP) is 1.38. The average molecular weight is 300 g/mol. The second kappa shape index (κ2) is 8.97. The molecule has 18 heavy (non-hydrogen) atoms. The molecular formula is C12H27Cl2N3O. The van der Waals surface area contributed by atoms with Crippen molar-refractivity contribution in [2.24, 2.45) is 0 Å². The second-order valence-corrected chi connectivity index (χ2v) is 5.08. The first kappa shape index (κ1) is 20.3. The van der Waals surface area contributed by atoms with E-state index in [0.717, 1.165) is 13.1 Å². The highest BCUT2D eigenvalue weighted by Crippen LogP contribution is 2.09. The van der Waals surface area contributed by atoms with E-state index in [0.29, 0.717) is 24.7 Å². The van der Waals surface area contributed by atoms with E-state index < -0.39 is 0 Å². The Morgan fingerprint density at radius 1 is 1.39 bits per heavy atom. The van der Waals surface area contributed by atoms with Crippen LogP contribution in [-0.4, -0.2) is 60.5 Å². The van der Waals surface area contributed by atoms with Gasteiger partial charge < -0.3 is 10.2 Å². The Kier molecular flexibility index (Phi) is 10.1. The van der Waals surface area contributed by atoms with E-state index in [9.17, 15) is 4.79 Å². The van der Waals surface area contributed by atoms with Crippen LogP contribution in [0.25, 0.3) is 0 Å². The van der Waals surface area contributed by atoms with Gasteiger partial charge in [0.05, 0.1) is 6.54 Å². The molecule has 0 aliphatic carbocycles. The largest absolute Gasteiger partial charge is 0.336 e. The normalized spacial score (nSPS) is 23.6. The standard InChI is InChI=1S/C12H25N3O.2ClH/c1-9(2)14(5)8-12(16)15-7-6-13-10(3)11(15)4;;/h9-11,13H,6-8H2,1-5H3;2*1H. The molecule has 1 amide bonds. The van der Waals surface area contributed by atoms with E-state index in [-0.39, 0.29) is 30.7 Å². The molecule has 0 aromatic heterocycles. The molecule has 4 nitrogen and oxygen atoms in total. The molecule has 0 aromatic rings. The molecule has 0 radical (unpaired) electrons. The van der Waals surface area contributed by atoms with Crippen LogP contribution >= 0.6 is 24.8 Å².